The van der Waals surface area contributed by atoms with Crippen LogP contribution in [-0.4, -0.2) is 40.0 Å². The van der Waals surface area contributed by atoms with Crippen molar-refractivity contribution < 1.29 is 35.0 Å². The van der Waals surface area contributed by atoms with Gasteiger partial charge < -0.3 is 12.3 Å². The average Bonchev–Trinajstić information content (AvgIpc) is 2.09. The van der Waals surface area contributed by atoms with Crippen LogP contribution >= 0.6 is 0 Å². The number of carboxylic acid groups (broad SMARTS) is 1. The molecule has 0 radical (unpaired) electrons. The van der Waals surface area contributed by atoms with Gasteiger partial charge in [-0.15, -0.1) is 0 Å². The molecule has 0 saturated carbocycles. The van der Waals surface area contributed by atoms with E-state index >= 15 is 0 Å². The molecule has 96 valence electrons. The van der Waals surface area contributed by atoms with E-state index in [1.807, 2.05) is 32.6 Å². The Morgan fingerprint density at radius 2 is 1.65 bits per heavy atom. The topological polar surface area (TPSA) is 83.6 Å². The van der Waals surface area contributed by atoms with E-state index in [1.165, 1.54) is 0 Å². The van der Waals surface area contributed by atoms with Gasteiger partial charge in [0.05, 0.1) is 0 Å². The van der Waals surface area contributed by atoms with Gasteiger partial charge in [0, 0.05) is 18.5 Å². The summed E-state index contributed by atoms with van der Waals surface area (Å²) in [6.45, 7) is 7.78. The number of primary amides is 1. The van der Waals surface area contributed by atoms with Crippen molar-refractivity contribution in [1.29, 1.82) is 0 Å². The summed E-state index contributed by atoms with van der Waals surface area (Å²) in [6, 6.07) is -0.407. The molecule has 0 rings (SSSR count). The van der Waals surface area contributed by atoms with Crippen molar-refractivity contribution in [2.45, 2.75) is 58.7 Å². The van der Waals surface area contributed by atoms with Crippen LogP contribution in [0.3, 0.4) is 0 Å². The molecule has 6 heteroatoms. The number of carboxylic acids is 1. The summed E-state index contributed by atoms with van der Waals surface area (Å²) in [7, 11) is 0. The molecule has 0 spiro atoms. The first kappa shape index (κ1) is 18.9. The molecule has 1 unspecified atom stereocenters. The van der Waals surface area contributed by atoms with Crippen LogP contribution in [0.2, 0.25) is 0 Å². The number of carbonyl (C=O) groups is 2. The largest absolute Gasteiger partial charge is 1.00 e. The molecule has 1 amide bonds. The fourth-order valence-corrected chi connectivity index (χ4v) is 2.00. The van der Waals surface area contributed by atoms with Crippen LogP contribution in [0, 0.1) is 0 Å². The molecule has 0 fully saturated rings. The predicted octanol–water partition coefficient (Wildman–Crippen LogP) is -2.06. The first-order valence-corrected chi connectivity index (χ1v) is 5.56. The van der Waals surface area contributed by atoms with Crippen LogP contribution < -0.4 is 24.6 Å². The Morgan fingerprint density at radius 1 is 1.24 bits per heavy atom. The van der Waals surface area contributed by atoms with E-state index in [0.717, 1.165) is 0 Å². The fraction of sp³-hybridized carbons (Fsp3) is 0.818. The third-order valence-corrected chi connectivity index (χ3v) is 2.50. The van der Waals surface area contributed by atoms with Crippen molar-refractivity contribution in [2.24, 2.45) is 5.73 Å². The summed E-state index contributed by atoms with van der Waals surface area (Å²) >= 11 is 0. The second kappa shape index (κ2) is 8.57. The molecule has 0 aliphatic carbocycles. The standard InChI is InChI=1S/C11H22N2O3.Li.H/c1-7(2)13(8(3)4)9(11(15)16)5-6-10(12)14;;/h7-9H,5-6H2,1-4H3,(H2,12,14)(H,15,16);;/q;+1;-1. The first-order valence-electron chi connectivity index (χ1n) is 5.56. The molecule has 0 aromatic carbocycles. The maximum Gasteiger partial charge on any atom is 1.00 e. The van der Waals surface area contributed by atoms with Crippen molar-refractivity contribution in [3.63, 3.8) is 0 Å². The zero-order chi connectivity index (χ0) is 12.9. The second-order valence-electron chi connectivity index (χ2n) is 4.49. The summed E-state index contributed by atoms with van der Waals surface area (Å²) in [4.78, 5) is 23.7. The number of nitrogens with zero attached hydrogens (tertiary/aromatic N) is 1. The minimum atomic E-state index is -0.899. The van der Waals surface area contributed by atoms with E-state index in [2.05, 4.69) is 0 Å². The predicted molar refractivity (Wildman–Crippen MR) is 63.1 cm³/mol. The van der Waals surface area contributed by atoms with Crippen LogP contribution in [-0.2, 0) is 9.59 Å². The minimum Gasteiger partial charge on any atom is -1.00 e. The maximum atomic E-state index is 11.2. The Labute approximate surface area is 116 Å². The number of rotatable bonds is 7. The smallest absolute Gasteiger partial charge is 1.00 e. The van der Waals surface area contributed by atoms with Gasteiger partial charge in [-0.25, -0.2) is 0 Å². The fourth-order valence-electron chi connectivity index (χ4n) is 2.00. The van der Waals surface area contributed by atoms with E-state index < -0.39 is 17.9 Å². The van der Waals surface area contributed by atoms with Crippen molar-refractivity contribution in [3.8, 4) is 0 Å². The van der Waals surface area contributed by atoms with E-state index in [0.29, 0.717) is 0 Å². The van der Waals surface area contributed by atoms with Gasteiger partial charge in [-0.1, -0.05) is 0 Å². The third-order valence-electron chi connectivity index (χ3n) is 2.50. The number of nitrogens with two attached hydrogens (primary N) is 1. The van der Waals surface area contributed by atoms with Crippen molar-refractivity contribution >= 4 is 11.9 Å². The van der Waals surface area contributed by atoms with Crippen LogP contribution in [0.15, 0.2) is 0 Å². The molecule has 1 atom stereocenters. The van der Waals surface area contributed by atoms with Crippen molar-refractivity contribution in [2.75, 3.05) is 0 Å². The van der Waals surface area contributed by atoms with Gasteiger partial charge in [-0.2, -0.15) is 0 Å². The van der Waals surface area contributed by atoms with Gasteiger partial charge in [0.15, 0.2) is 0 Å². The molecular weight excluding hydrogens is 215 g/mol. The Bertz CT molecular complexity index is 255. The molecule has 0 aromatic heterocycles. The Balaban J connectivity index is -0.00000112. The number of hydrogen-bond donors (Lipinski definition) is 2. The zero-order valence-corrected chi connectivity index (χ0v) is 11.4. The molecule has 17 heavy (non-hydrogen) atoms. The summed E-state index contributed by atoms with van der Waals surface area (Å²) < 4.78 is 0. The summed E-state index contributed by atoms with van der Waals surface area (Å²) in [5.41, 5.74) is 5.04. The third kappa shape index (κ3) is 6.72. The van der Waals surface area contributed by atoms with Crippen LogP contribution in [0.25, 0.3) is 0 Å². The maximum absolute atomic E-state index is 11.2. The molecule has 0 bridgehead atoms. The molecule has 5 nitrogen and oxygen atoms in total. The van der Waals surface area contributed by atoms with Crippen molar-refractivity contribution in [3.05, 3.63) is 0 Å². The van der Waals surface area contributed by atoms with Crippen LogP contribution in [0.5, 0.6) is 0 Å². The molecular formula is C11H23LiN2O3. The Morgan fingerprint density at radius 3 is 1.88 bits per heavy atom. The van der Waals surface area contributed by atoms with E-state index in [4.69, 9.17) is 10.8 Å². The molecule has 3 N–H and O–H groups in total. The first-order chi connectivity index (χ1) is 7.27. The van der Waals surface area contributed by atoms with Crippen molar-refractivity contribution in [1.82, 2.24) is 4.90 Å². The van der Waals surface area contributed by atoms with E-state index in [-0.39, 0.29) is 45.2 Å². The quantitative estimate of drug-likeness (QED) is 0.500. The second-order valence-corrected chi connectivity index (χ2v) is 4.49. The van der Waals surface area contributed by atoms with Gasteiger partial charge in [0.25, 0.3) is 0 Å². The summed E-state index contributed by atoms with van der Waals surface area (Å²) in [5.74, 6) is -1.36. The zero-order valence-electron chi connectivity index (χ0n) is 12.4. The number of carbonyl (C=O) groups excluding carboxylic acids is 1. The van der Waals surface area contributed by atoms with Crippen LogP contribution in [0.1, 0.15) is 42.0 Å². The normalized spacial score (nSPS) is 12.6. The van der Waals surface area contributed by atoms with Gasteiger partial charge in [-0.3, -0.25) is 14.5 Å². The Hall–Kier alpha value is -0.503. The molecule has 0 aromatic rings. The van der Waals surface area contributed by atoms with Gasteiger partial charge in [-0.05, 0) is 34.1 Å². The number of hydrogen-bond acceptors (Lipinski definition) is 3. The summed E-state index contributed by atoms with van der Waals surface area (Å²) in [5, 5.41) is 9.16. The summed E-state index contributed by atoms with van der Waals surface area (Å²) in [6.07, 6.45) is 0.369. The monoisotopic (exact) mass is 238 g/mol. The van der Waals surface area contributed by atoms with Crippen LogP contribution in [0.4, 0.5) is 0 Å². The van der Waals surface area contributed by atoms with E-state index in [9.17, 15) is 9.59 Å². The number of aliphatic carboxylic acids is 1. The number of amides is 1. The SMILES string of the molecule is CC(C)N(C(C)C)C(CCC(N)=O)C(=O)O.[H-].[Li+]. The molecule has 0 saturated heterocycles. The Kier molecular flexibility index (Phi) is 9.50. The average molecular weight is 238 g/mol. The minimum absolute atomic E-state index is 0. The molecule has 0 aliphatic heterocycles. The van der Waals surface area contributed by atoms with Gasteiger partial charge in [0.2, 0.25) is 5.91 Å². The molecule has 0 aliphatic rings. The van der Waals surface area contributed by atoms with Gasteiger partial charge >= 0.3 is 24.8 Å². The van der Waals surface area contributed by atoms with Gasteiger partial charge in [0.1, 0.15) is 6.04 Å². The van der Waals surface area contributed by atoms with E-state index in [1.54, 1.807) is 0 Å². The molecule has 0 heterocycles.